The van der Waals surface area contributed by atoms with Crippen molar-refractivity contribution in [1.29, 1.82) is 0 Å². The van der Waals surface area contributed by atoms with Gasteiger partial charge in [0.15, 0.2) is 6.10 Å². The molecule has 0 radical (unpaired) electrons. The number of allylic oxidation sites excluding steroid dienone is 14. The van der Waals surface area contributed by atoms with Crippen LogP contribution in [0.25, 0.3) is 0 Å². The van der Waals surface area contributed by atoms with Gasteiger partial charge in [-0.25, -0.2) is 0 Å². The van der Waals surface area contributed by atoms with Crippen LogP contribution in [0.5, 0.6) is 0 Å². The lowest BCUT2D eigenvalue weighted by Gasteiger charge is -2.18. The van der Waals surface area contributed by atoms with Crippen LogP contribution < -0.4 is 0 Å². The zero-order valence-corrected chi connectivity index (χ0v) is 41.8. The van der Waals surface area contributed by atoms with Gasteiger partial charge in [-0.15, -0.1) is 0 Å². The third-order valence-electron chi connectivity index (χ3n) is 11.1. The maximum absolute atomic E-state index is 12.8. The van der Waals surface area contributed by atoms with Crippen molar-refractivity contribution >= 4 is 17.9 Å². The summed E-state index contributed by atoms with van der Waals surface area (Å²) in [5.74, 6) is -0.947. The minimum absolute atomic E-state index is 0.0968. The Morgan fingerprint density at radius 2 is 0.672 bits per heavy atom. The molecule has 366 valence electrons. The van der Waals surface area contributed by atoms with Crippen LogP contribution in [-0.2, 0) is 28.6 Å². The monoisotopic (exact) mass is 891 g/mol. The Balaban J connectivity index is 4.43. The number of carbonyl (C=O) groups excluding carboxylic acids is 3. The topological polar surface area (TPSA) is 78.9 Å². The summed E-state index contributed by atoms with van der Waals surface area (Å²) in [7, 11) is 0. The van der Waals surface area contributed by atoms with Gasteiger partial charge < -0.3 is 14.2 Å². The van der Waals surface area contributed by atoms with Crippen molar-refractivity contribution in [2.24, 2.45) is 0 Å². The van der Waals surface area contributed by atoms with Gasteiger partial charge in [-0.1, -0.05) is 209 Å². The van der Waals surface area contributed by atoms with Crippen LogP contribution in [0.3, 0.4) is 0 Å². The van der Waals surface area contributed by atoms with Crippen molar-refractivity contribution < 1.29 is 28.6 Å². The van der Waals surface area contributed by atoms with Gasteiger partial charge in [0, 0.05) is 19.3 Å². The van der Waals surface area contributed by atoms with Gasteiger partial charge in [-0.05, 0) is 103 Å². The van der Waals surface area contributed by atoms with Crippen LogP contribution in [0.1, 0.15) is 245 Å². The zero-order chi connectivity index (χ0) is 46.5. The highest BCUT2D eigenvalue weighted by molar-refractivity contribution is 5.71. The SMILES string of the molecule is CC/C=C\C/C=C\C/C=C\C/C=C\CCCCCCCCC(=O)OCC(COC(=O)CCCCCCC/C=C\CCCC)OC(=O)CCCCC/C=C\C=C/CCCCCCCCC. The summed E-state index contributed by atoms with van der Waals surface area (Å²) in [5, 5.41) is 0. The van der Waals surface area contributed by atoms with Gasteiger partial charge in [0.1, 0.15) is 13.2 Å². The Morgan fingerprint density at radius 1 is 0.344 bits per heavy atom. The molecule has 0 aliphatic carbocycles. The van der Waals surface area contributed by atoms with Gasteiger partial charge in [-0.3, -0.25) is 14.4 Å². The predicted octanol–water partition coefficient (Wildman–Crippen LogP) is 17.6. The summed E-state index contributed by atoms with van der Waals surface area (Å²) >= 11 is 0. The standard InChI is InChI=1S/C58H98O6/c1-4-7-10-13-16-19-22-24-26-28-29-30-32-33-36-39-42-45-48-51-57(60)63-54-55(53-62-56(59)50-47-44-41-38-35-21-18-15-12-9-6-3)64-58(61)52-49-46-43-40-37-34-31-27-25-23-20-17-14-11-8-5-2/h7,10,15-16,18-19,24,26-27,29-31,34,37,55H,4-6,8-9,11-14,17,20-23,25,28,32-33,35-36,38-54H2,1-3H3/b10-7-,18-15-,19-16-,26-24-,30-29-,31-27-,37-34-. The lowest BCUT2D eigenvalue weighted by Crippen LogP contribution is -2.30. The van der Waals surface area contributed by atoms with E-state index in [2.05, 4.69) is 106 Å². The number of rotatable bonds is 47. The first-order chi connectivity index (χ1) is 31.5. The van der Waals surface area contributed by atoms with Gasteiger partial charge >= 0.3 is 17.9 Å². The summed E-state index contributed by atoms with van der Waals surface area (Å²) in [6.07, 6.45) is 67.1. The molecule has 0 amide bonds. The molecule has 0 aliphatic heterocycles. The average molecular weight is 891 g/mol. The lowest BCUT2D eigenvalue weighted by atomic mass is 10.1. The number of hydrogen-bond acceptors (Lipinski definition) is 6. The van der Waals surface area contributed by atoms with Crippen LogP contribution >= 0.6 is 0 Å². The second kappa shape index (κ2) is 52.2. The second-order valence-electron chi connectivity index (χ2n) is 17.4. The maximum Gasteiger partial charge on any atom is 0.306 e. The van der Waals surface area contributed by atoms with Crippen LogP contribution in [0.4, 0.5) is 0 Å². The van der Waals surface area contributed by atoms with Crippen LogP contribution in [0, 0.1) is 0 Å². The summed E-state index contributed by atoms with van der Waals surface area (Å²) in [5.41, 5.74) is 0. The fourth-order valence-electron chi connectivity index (χ4n) is 7.11. The predicted molar refractivity (Wildman–Crippen MR) is 274 cm³/mol. The average Bonchev–Trinajstić information content (AvgIpc) is 3.29. The molecule has 1 unspecified atom stereocenters. The van der Waals surface area contributed by atoms with Crippen molar-refractivity contribution in [3.8, 4) is 0 Å². The van der Waals surface area contributed by atoms with E-state index in [1.54, 1.807) is 0 Å². The van der Waals surface area contributed by atoms with Crippen LogP contribution in [0.2, 0.25) is 0 Å². The molecule has 0 aromatic carbocycles. The normalized spacial score (nSPS) is 12.7. The fraction of sp³-hybridized carbons (Fsp3) is 0.707. The molecule has 6 nitrogen and oxygen atoms in total. The van der Waals surface area contributed by atoms with E-state index in [0.717, 1.165) is 122 Å². The number of ether oxygens (including phenoxy) is 3. The molecule has 64 heavy (non-hydrogen) atoms. The minimum Gasteiger partial charge on any atom is -0.462 e. The van der Waals surface area contributed by atoms with Crippen molar-refractivity contribution in [2.45, 2.75) is 252 Å². The molecule has 0 spiro atoms. The Bertz CT molecular complexity index is 1250. The highest BCUT2D eigenvalue weighted by atomic mass is 16.6. The number of carbonyl (C=O) groups is 3. The highest BCUT2D eigenvalue weighted by Crippen LogP contribution is 2.13. The first kappa shape index (κ1) is 60.6. The van der Waals surface area contributed by atoms with Gasteiger partial charge in [0.05, 0.1) is 0 Å². The number of hydrogen-bond donors (Lipinski definition) is 0. The summed E-state index contributed by atoms with van der Waals surface area (Å²) < 4.78 is 16.8. The van der Waals surface area contributed by atoms with Gasteiger partial charge in [0.25, 0.3) is 0 Å². The molecule has 0 saturated carbocycles. The Kier molecular flexibility index (Phi) is 49.4. The molecule has 0 aliphatic rings. The summed E-state index contributed by atoms with van der Waals surface area (Å²) in [6.45, 7) is 6.44. The van der Waals surface area contributed by atoms with E-state index in [1.807, 2.05) is 0 Å². The molecular formula is C58H98O6. The van der Waals surface area contributed by atoms with E-state index < -0.39 is 6.10 Å². The van der Waals surface area contributed by atoms with E-state index >= 15 is 0 Å². The fourth-order valence-corrected chi connectivity index (χ4v) is 7.11. The largest absolute Gasteiger partial charge is 0.462 e. The van der Waals surface area contributed by atoms with Crippen molar-refractivity contribution in [3.63, 3.8) is 0 Å². The quantitative estimate of drug-likeness (QED) is 0.0199. The Hall–Kier alpha value is -3.41. The van der Waals surface area contributed by atoms with Gasteiger partial charge in [-0.2, -0.15) is 0 Å². The van der Waals surface area contributed by atoms with Crippen molar-refractivity contribution in [2.75, 3.05) is 13.2 Å². The van der Waals surface area contributed by atoms with Crippen LogP contribution in [0.15, 0.2) is 85.1 Å². The zero-order valence-electron chi connectivity index (χ0n) is 41.8. The Morgan fingerprint density at radius 3 is 1.12 bits per heavy atom. The molecule has 0 heterocycles. The smallest absolute Gasteiger partial charge is 0.306 e. The van der Waals surface area contributed by atoms with Crippen molar-refractivity contribution in [1.82, 2.24) is 0 Å². The lowest BCUT2D eigenvalue weighted by molar-refractivity contribution is -0.167. The highest BCUT2D eigenvalue weighted by Gasteiger charge is 2.19. The number of unbranched alkanes of at least 4 members (excludes halogenated alkanes) is 23. The molecule has 0 aromatic rings. The second-order valence-corrected chi connectivity index (χ2v) is 17.4. The molecule has 6 heteroatoms. The van der Waals surface area contributed by atoms with E-state index in [1.165, 1.54) is 83.5 Å². The molecule has 0 rings (SSSR count). The van der Waals surface area contributed by atoms with E-state index in [0.29, 0.717) is 19.3 Å². The Labute approximate surface area is 395 Å². The molecular weight excluding hydrogens is 793 g/mol. The summed E-state index contributed by atoms with van der Waals surface area (Å²) in [4.78, 5) is 38.0. The molecule has 0 bridgehead atoms. The van der Waals surface area contributed by atoms with Gasteiger partial charge in [0.2, 0.25) is 0 Å². The summed E-state index contributed by atoms with van der Waals surface area (Å²) in [6, 6.07) is 0. The minimum atomic E-state index is -0.799. The third-order valence-corrected chi connectivity index (χ3v) is 11.1. The van der Waals surface area contributed by atoms with E-state index in [9.17, 15) is 14.4 Å². The van der Waals surface area contributed by atoms with E-state index in [4.69, 9.17) is 14.2 Å². The first-order valence-corrected chi connectivity index (χ1v) is 26.6. The number of esters is 3. The van der Waals surface area contributed by atoms with E-state index in [-0.39, 0.29) is 31.1 Å². The molecule has 1 atom stereocenters. The van der Waals surface area contributed by atoms with Crippen LogP contribution in [-0.4, -0.2) is 37.2 Å². The molecule has 0 aromatic heterocycles. The third kappa shape index (κ3) is 49.6. The maximum atomic E-state index is 12.8. The van der Waals surface area contributed by atoms with Crippen molar-refractivity contribution in [3.05, 3.63) is 85.1 Å². The molecule has 0 saturated heterocycles. The first-order valence-electron chi connectivity index (χ1n) is 26.6. The molecule has 0 fully saturated rings. The molecule has 0 N–H and O–H groups in total.